The summed E-state index contributed by atoms with van der Waals surface area (Å²) < 4.78 is 1.99. The van der Waals surface area contributed by atoms with Gasteiger partial charge in [0.2, 0.25) is 5.84 Å². The second-order valence-electron chi connectivity index (χ2n) is 4.73. The number of amidine groups is 1. The highest BCUT2D eigenvalue weighted by Crippen LogP contribution is 2.14. The lowest BCUT2D eigenvalue weighted by molar-refractivity contribution is -0.464. The number of amides is 1. The summed E-state index contributed by atoms with van der Waals surface area (Å²) in [7, 11) is 3.94. The molecule has 0 atom stereocenters. The molecule has 0 aliphatic carbocycles. The molecule has 0 fully saturated rings. The molecule has 0 saturated heterocycles. The Morgan fingerprint density at radius 3 is 2.19 bits per heavy atom. The van der Waals surface area contributed by atoms with Crippen molar-refractivity contribution in [1.82, 2.24) is 9.97 Å². The molecule has 0 aliphatic heterocycles. The molecule has 108 valence electrons. The standard InChI is InChI=1S/C15H17N5O/c1-11(20(2)3)18-12-4-6-13(7-5-12)19-15(21)14-10-16-8-9-17-14/h4-10H,1-3H3,(H,19,21)/p+1. The van der Waals surface area contributed by atoms with E-state index in [1.807, 2.05) is 49.9 Å². The van der Waals surface area contributed by atoms with Crippen LogP contribution in [0.5, 0.6) is 0 Å². The molecule has 1 aromatic carbocycles. The zero-order valence-electron chi connectivity index (χ0n) is 12.3. The van der Waals surface area contributed by atoms with Gasteiger partial charge in [-0.2, -0.15) is 0 Å². The average molecular weight is 284 g/mol. The van der Waals surface area contributed by atoms with Gasteiger partial charge in [0.1, 0.15) is 11.4 Å². The van der Waals surface area contributed by atoms with Gasteiger partial charge in [0.15, 0.2) is 0 Å². The van der Waals surface area contributed by atoms with E-state index in [4.69, 9.17) is 0 Å². The quantitative estimate of drug-likeness (QED) is 0.512. The molecule has 0 unspecified atom stereocenters. The Morgan fingerprint density at radius 1 is 1.05 bits per heavy atom. The Morgan fingerprint density at radius 2 is 1.67 bits per heavy atom. The van der Waals surface area contributed by atoms with Gasteiger partial charge in [-0.3, -0.25) is 14.4 Å². The lowest BCUT2D eigenvalue weighted by atomic mass is 10.2. The van der Waals surface area contributed by atoms with Crippen LogP contribution in [0, 0.1) is 0 Å². The average Bonchev–Trinajstić information content (AvgIpc) is 2.50. The first-order chi connectivity index (χ1) is 10.1. The van der Waals surface area contributed by atoms with Gasteiger partial charge in [-0.15, -0.1) is 0 Å². The summed E-state index contributed by atoms with van der Waals surface area (Å²) >= 11 is 0. The summed E-state index contributed by atoms with van der Waals surface area (Å²) in [4.78, 5) is 19.8. The minimum Gasteiger partial charge on any atom is -0.321 e. The summed E-state index contributed by atoms with van der Waals surface area (Å²) in [6, 6.07) is 7.47. The number of nitrogens with zero attached hydrogens (tertiary/aromatic N) is 3. The molecule has 21 heavy (non-hydrogen) atoms. The summed E-state index contributed by atoms with van der Waals surface area (Å²) in [6.45, 7) is 1.99. The van der Waals surface area contributed by atoms with Crippen LogP contribution >= 0.6 is 0 Å². The van der Waals surface area contributed by atoms with Gasteiger partial charge < -0.3 is 5.32 Å². The van der Waals surface area contributed by atoms with Crippen LogP contribution in [0.25, 0.3) is 0 Å². The van der Waals surface area contributed by atoms with Crippen molar-refractivity contribution in [2.45, 2.75) is 6.92 Å². The number of nitrogens with one attached hydrogen (secondary N) is 2. The number of anilines is 2. The van der Waals surface area contributed by atoms with E-state index in [0.29, 0.717) is 5.69 Å². The fourth-order valence-electron chi connectivity index (χ4n) is 1.57. The van der Waals surface area contributed by atoms with Crippen LogP contribution in [0.1, 0.15) is 17.4 Å². The first kappa shape index (κ1) is 14.6. The van der Waals surface area contributed by atoms with Crippen LogP contribution < -0.4 is 10.6 Å². The van der Waals surface area contributed by atoms with E-state index in [2.05, 4.69) is 20.6 Å². The molecule has 6 nitrogen and oxygen atoms in total. The van der Waals surface area contributed by atoms with Crippen molar-refractivity contribution < 1.29 is 9.37 Å². The molecule has 1 heterocycles. The third kappa shape index (κ3) is 4.10. The Hall–Kier alpha value is -2.76. The van der Waals surface area contributed by atoms with Gasteiger partial charge in [0.25, 0.3) is 5.91 Å². The first-order valence-electron chi connectivity index (χ1n) is 6.51. The van der Waals surface area contributed by atoms with E-state index >= 15 is 0 Å². The number of hydrogen-bond acceptors (Lipinski definition) is 3. The number of carbonyl (C=O) groups excluding carboxylic acids is 1. The number of benzene rings is 1. The van der Waals surface area contributed by atoms with Crippen molar-refractivity contribution in [2.75, 3.05) is 24.7 Å². The van der Waals surface area contributed by atoms with Crippen molar-refractivity contribution in [3.8, 4) is 0 Å². The Kier molecular flexibility index (Phi) is 4.61. The van der Waals surface area contributed by atoms with Gasteiger partial charge in [0.05, 0.1) is 20.3 Å². The summed E-state index contributed by atoms with van der Waals surface area (Å²) in [5.41, 5.74) is 1.95. The SMILES string of the molecule is CC(Nc1ccc(NC(=O)c2cnccn2)cc1)=[N+](C)C. The topological polar surface area (TPSA) is 69.9 Å². The minimum absolute atomic E-state index is 0.278. The highest BCUT2D eigenvalue weighted by Gasteiger charge is 2.08. The highest BCUT2D eigenvalue weighted by atomic mass is 16.1. The third-order valence-electron chi connectivity index (χ3n) is 2.93. The van der Waals surface area contributed by atoms with Crippen LogP contribution in [-0.2, 0) is 0 Å². The Balaban J connectivity index is 2.03. The smallest absolute Gasteiger partial charge is 0.275 e. The van der Waals surface area contributed by atoms with Crippen molar-refractivity contribution in [1.29, 1.82) is 0 Å². The fourth-order valence-corrected chi connectivity index (χ4v) is 1.57. The number of aromatic nitrogens is 2. The first-order valence-corrected chi connectivity index (χ1v) is 6.51. The molecule has 0 saturated carbocycles. The second kappa shape index (κ2) is 6.60. The Labute approximate surface area is 123 Å². The minimum atomic E-state index is -0.278. The van der Waals surface area contributed by atoms with E-state index in [1.165, 1.54) is 18.6 Å². The molecule has 0 aliphatic rings. The Bertz CT molecular complexity index is 646. The monoisotopic (exact) mass is 284 g/mol. The highest BCUT2D eigenvalue weighted by molar-refractivity contribution is 6.02. The van der Waals surface area contributed by atoms with Crippen LogP contribution in [0.3, 0.4) is 0 Å². The van der Waals surface area contributed by atoms with Gasteiger partial charge in [-0.1, -0.05) is 0 Å². The molecule has 1 aromatic heterocycles. The molecule has 2 N–H and O–H groups in total. The maximum Gasteiger partial charge on any atom is 0.275 e. The maximum absolute atomic E-state index is 11.9. The van der Waals surface area contributed by atoms with E-state index in [9.17, 15) is 4.79 Å². The van der Waals surface area contributed by atoms with E-state index in [-0.39, 0.29) is 11.6 Å². The van der Waals surface area contributed by atoms with Crippen LogP contribution in [0.4, 0.5) is 11.4 Å². The summed E-state index contributed by atoms with van der Waals surface area (Å²) in [5, 5.41) is 6.04. The summed E-state index contributed by atoms with van der Waals surface area (Å²) in [5.74, 6) is 0.756. The van der Waals surface area contributed by atoms with Crippen LogP contribution in [-0.4, -0.2) is 40.4 Å². The van der Waals surface area contributed by atoms with Gasteiger partial charge in [-0.25, -0.2) is 10.3 Å². The van der Waals surface area contributed by atoms with Crippen molar-refractivity contribution >= 4 is 23.1 Å². The predicted octanol–water partition coefficient (Wildman–Crippen LogP) is 1.83. The van der Waals surface area contributed by atoms with Crippen molar-refractivity contribution in [3.05, 3.63) is 48.5 Å². The zero-order chi connectivity index (χ0) is 15.2. The molecule has 2 aromatic rings. The lowest BCUT2D eigenvalue weighted by Gasteiger charge is -2.05. The van der Waals surface area contributed by atoms with Crippen molar-refractivity contribution in [3.63, 3.8) is 0 Å². The zero-order valence-corrected chi connectivity index (χ0v) is 12.3. The lowest BCUT2D eigenvalue weighted by Crippen LogP contribution is -2.18. The van der Waals surface area contributed by atoms with Crippen molar-refractivity contribution in [2.24, 2.45) is 0 Å². The predicted molar refractivity (Wildman–Crippen MR) is 82.8 cm³/mol. The maximum atomic E-state index is 11.9. The molecule has 6 heteroatoms. The molecule has 1 amide bonds. The van der Waals surface area contributed by atoms with E-state index in [0.717, 1.165) is 11.5 Å². The largest absolute Gasteiger partial charge is 0.321 e. The fraction of sp³-hybridized carbons (Fsp3) is 0.200. The van der Waals surface area contributed by atoms with Crippen LogP contribution in [0.15, 0.2) is 42.9 Å². The molecule has 0 radical (unpaired) electrons. The van der Waals surface area contributed by atoms with Gasteiger partial charge >= 0.3 is 0 Å². The normalized spacial score (nSPS) is 9.86. The number of carbonyl (C=O) groups is 1. The van der Waals surface area contributed by atoms with E-state index in [1.54, 1.807) is 0 Å². The molecular formula is C15H18N5O+. The number of hydrogen-bond donors (Lipinski definition) is 2. The molecule has 0 bridgehead atoms. The second-order valence-corrected chi connectivity index (χ2v) is 4.73. The van der Waals surface area contributed by atoms with Gasteiger partial charge in [0, 0.05) is 25.0 Å². The third-order valence-corrected chi connectivity index (χ3v) is 2.93. The molecular weight excluding hydrogens is 266 g/mol. The van der Waals surface area contributed by atoms with Gasteiger partial charge in [-0.05, 0) is 24.3 Å². The molecule has 2 rings (SSSR count). The van der Waals surface area contributed by atoms with Crippen LogP contribution in [0.2, 0.25) is 0 Å². The number of rotatable bonds is 3. The van der Waals surface area contributed by atoms with E-state index < -0.39 is 0 Å². The molecule has 0 spiro atoms. The summed E-state index contributed by atoms with van der Waals surface area (Å²) in [6.07, 6.45) is 4.45.